The van der Waals surface area contributed by atoms with Crippen LogP contribution in [0.3, 0.4) is 0 Å². The number of nitrogens with zero attached hydrogens (tertiary/aromatic N) is 3. The van der Waals surface area contributed by atoms with Crippen molar-refractivity contribution in [2.75, 3.05) is 0 Å². The van der Waals surface area contributed by atoms with Crippen LogP contribution in [0.4, 0.5) is 0 Å². The van der Waals surface area contributed by atoms with Gasteiger partial charge in [0.2, 0.25) is 0 Å². The van der Waals surface area contributed by atoms with Gasteiger partial charge in [-0.3, -0.25) is 0 Å². The van der Waals surface area contributed by atoms with Crippen molar-refractivity contribution in [3.63, 3.8) is 0 Å². The van der Waals surface area contributed by atoms with E-state index in [4.69, 9.17) is 12.2 Å². The molecule has 0 radical (unpaired) electrons. The van der Waals surface area contributed by atoms with Crippen LogP contribution in [0.15, 0.2) is 12.4 Å². The molecule has 0 atom stereocenters. The maximum Gasteiger partial charge on any atom is 0.195 e. The van der Waals surface area contributed by atoms with Crippen LogP contribution < -0.4 is 0 Å². The molecule has 0 saturated carbocycles. The van der Waals surface area contributed by atoms with Gasteiger partial charge in [-0.1, -0.05) is 26.1 Å². The van der Waals surface area contributed by atoms with Gasteiger partial charge in [0, 0.05) is 23.7 Å². The van der Waals surface area contributed by atoms with Gasteiger partial charge >= 0.3 is 0 Å². The fourth-order valence-electron chi connectivity index (χ4n) is 1.90. The Balaban J connectivity index is 2.55. The van der Waals surface area contributed by atoms with Crippen LogP contribution in [0.25, 0.3) is 11.6 Å². The second-order valence-electron chi connectivity index (χ2n) is 4.67. The summed E-state index contributed by atoms with van der Waals surface area (Å²) in [5, 5.41) is 0. The van der Waals surface area contributed by atoms with E-state index in [1.807, 2.05) is 13.8 Å². The molecule has 2 heterocycles. The number of aryl methyl sites for hydroxylation is 2. The quantitative estimate of drug-likeness (QED) is 0.841. The molecule has 2 aromatic heterocycles. The third-order valence-electron chi connectivity index (χ3n) is 2.72. The zero-order chi connectivity index (χ0) is 13.3. The average molecular weight is 260 g/mol. The van der Waals surface area contributed by atoms with Crippen LogP contribution in [0, 0.1) is 18.5 Å². The third kappa shape index (κ3) is 2.46. The maximum absolute atomic E-state index is 5.34. The predicted octanol–water partition coefficient (Wildman–Crippen LogP) is 3.34. The van der Waals surface area contributed by atoms with Gasteiger partial charge in [0.05, 0.1) is 0 Å². The number of aromatic amines is 1. The Morgan fingerprint density at radius 3 is 2.28 bits per heavy atom. The van der Waals surface area contributed by atoms with Gasteiger partial charge in [-0.25, -0.2) is 15.0 Å². The molecule has 18 heavy (non-hydrogen) atoms. The first-order valence-corrected chi connectivity index (χ1v) is 6.29. The van der Waals surface area contributed by atoms with E-state index in [1.54, 1.807) is 12.4 Å². The van der Waals surface area contributed by atoms with Gasteiger partial charge in [0.15, 0.2) is 11.6 Å². The maximum atomic E-state index is 5.34. The molecule has 0 aliphatic rings. The summed E-state index contributed by atoms with van der Waals surface area (Å²) in [4.78, 5) is 16.1. The lowest BCUT2D eigenvalue weighted by molar-refractivity contribution is 0.822. The molecular formula is C13H16N4S. The fraction of sp³-hybridized carbons (Fsp3) is 0.385. The molecule has 1 N–H and O–H groups in total. The van der Waals surface area contributed by atoms with Gasteiger partial charge in [0.25, 0.3) is 0 Å². The topological polar surface area (TPSA) is 54.5 Å². The summed E-state index contributed by atoms with van der Waals surface area (Å²) in [5.41, 5.74) is 3.14. The van der Waals surface area contributed by atoms with Crippen molar-refractivity contribution in [2.45, 2.75) is 33.6 Å². The number of aromatic nitrogens is 4. The Morgan fingerprint density at radius 2 is 1.78 bits per heavy atom. The molecule has 0 unspecified atom stereocenters. The third-order valence-corrected chi connectivity index (χ3v) is 3.03. The monoisotopic (exact) mass is 260 g/mol. The smallest absolute Gasteiger partial charge is 0.195 e. The van der Waals surface area contributed by atoms with Crippen molar-refractivity contribution in [3.05, 3.63) is 33.9 Å². The summed E-state index contributed by atoms with van der Waals surface area (Å²) in [7, 11) is 0. The Morgan fingerprint density at radius 1 is 1.17 bits per heavy atom. The summed E-state index contributed by atoms with van der Waals surface area (Å²) >= 11 is 5.34. The normalized spacial score (nSPS) is 10.9. The lowest BCUT2D eigenvalue weighted by Gasteiger charge is -2.10. The van der Waals surface area contributed by atoms with Gasteiger partial charge in [-0.05, 0) is 25.3 Å². The van der Waals surface area contributed by atoms with E-state index in [2.05, 4.69) is 33.8 Å². The minimum absolute atomic E-state index is 0.356. The van der Waals surface area contributed by atoms with E-state index in [9.17, 15) is 0 Å². The Labute approximate surface area is 112 Å². The summed E-state index contributed by atoms with van der Waals surface area (Å²) < 4.78 is 0.625. The molecule has 0 aromatic carbocycles. The van der Waals surface area contributed by atoms with Crippen molar-refractivity contribution < 1.29 is 0 Å². The molecule has 0 spiro atoms. The summed E-state index contributed by atoms with van der Waals surface area (Å²) in [6.07, 6.45) is 3.54. The second-order valence-corrected chi connectivity index (χ2v) is 5.05. The molecule has 94 valence electrons. The molecule has 5 heteroatoms. The van der Waals surface area contributed by atoms with Crippen LogP contribution in [0.2, 0.25) is 0 Å². The van der Waals surface area contributed by atoms with Gasteiger partial charge in [-0.2, -0.15) is 0 Å². The van der Waals surface area contributed by atoms with Gasteiger partial charge in [-0.15, -0.1) is 0 Å². The molecular weight excluding hydrogens is 244 g/mol. The zero-order valence-electron chi connectivity index (χ0n) is 11.0. The van der Waals surface area contributed by atoms with E-state index >= 15 is 0 Å². The minimum atomic E-state index is 0.356. The van der Waals surface area contributed by atoms with Crippen LogP contribution in [0.5, 0.6) is 0 Å². The zero-order valence-corrected chi connectivity index (χ0v) is 11.8. The van der Waals surface area contributed by atoms with Crippen LogP contribution in [-0.4, -0.2) is 19.9 Å². The summed E-state index contributed by atoms with van der Waals surface area (Å²) in [5.74, 6) is 1.56. The Kier molecular flexibility index (Phi) is 3.52. The molecule has 0 amide bonds. The molecule has 2 aromatic rings. The molecule has 0 bridgehead atoms. The van der Waals surface area contributed by atoms with E-state index < -0.39 is 0 Å². The SMILES string of the molecule is Cc1cnc(-c2nc(=S)c(C(C)C)c(C)[nH]2)nc1. The van der Waals surface area contributed by atoms with E-state index in [0.29, 0.717) is 22.2 Å². The van der Waals surface area contributed by atoms with E-state index in [1.165, 1.54) is 0 Å². The second kappa shape index (κ2) is 4.94. The average Bonchev–Trinajstić information content (AvgIpc) is 2.28. The van der Waals surface area contributed by atoms with Gasteiger partial charge < -0.3 is 4.98 Å². The highest BCUT2D eigenvalue weighted by Crippen LogP contribution is 2.20. The highest BCUT2D eigenvalue weighted by atomic mass is 32.1. The number of hydrogen-bond acceptors (Lipinski definition) is 4. The molecule has 0 saturated heterocycles. The predicted molar refractivity (Wildman–Crippen MR) is 74.0 cm³/mol. The molecule has 0 fully saturated rings. The number of nitrogens with one attached hydrogen (secondary N) is 1. The lowest BCUT2D eigenvalue weighted by Crippen LogP contribution is -2.03. The minimum Gasteiger partial charge on any atom is -0.340 e. The van der Waals surface area contributed by atoms with Crippen LogP contribution >= 0.6 is 12.2 Å². The van der Waals surface area contributed by atoms with Crippen LogP contribution in [-0.2, 0) is 0 Å². The number of H-pyrrole nitrogens is 1. The summed E-state index contributed by atoms with van der Waals surface area (Å²) in [6, 6.07) is 0. The van der Waals surface area contributed by atoms with E-state index in [-0.39, 0.29) is 0 Å². The lowest BCUT2D eigenvalue weighted by atomic mass is 10.0. The van der Waals surface area contributed by atoms with Crippen molar-refractivity contribution in [3.8, 4) is 11.6 Å². The van der Waals surface area contributed by atoms with E-state index in [0.717, 1.165) is 16.8 Å². The van der Waals surface area contributed by atoms with Gasteiger partial charge in [0.1, 0.15) is 4.64 Å². The highest BCUT2D eigenvalue weighted by Gasteiger charge is 2.11. The molecule has 0 aliphatic heterocycles. The largest absolute Gasteiger partial charge is 0.340 e. The number of rotatable bonds is 2. The molecule has 4 nitrogen and oxygen atoms in total. The first kappa shape index (κ1) is 12.8. The molecule has 2 rings (SSSR count). The fourth-order valence-corrected chi connectivity index (χ4v) is 2.38. The first-order chi connectivity index (χ1) is 8.49. The summed E-state index contributed by atoms with van der Waals surface area (Å²) in [6.45, 7) is 8.17. The van der Waals surface area contributed by atoms with Crippen molar-refractivity contribution >= 4 is 12.2 Å². The Bertz CT molecular complexity index is 614. The van der Waals surface area contributed by atoms with Crippen LogP contribution in [0.1, 0.15) is 36.6 Å². The molecule has 0 aliphatic carbocycles. The number of hydrogen-bond donors (Lipinski definition) is 1. The highest BCUT2D eigenvalue weighted by molar-refractivity contribution is 7.71. The Hall–Kier alpha value is -1.62. The van der Waals surface area contributed by atoms with Crippen molar-refractivity contribution in [1.29, 1.82) is 0 Å². The standard InChI is InChI=1S/C13H16N4S/c1-7(2)10-9(4)16-12(17-13(10)18)11-14-5-8(3)6-15-11/h5-7H,1-4H3,(H,16,17,18). The van der Waals surface area contributed by atoms with Crippen molar-refractivity contribution in [1.82, 2.24) is 19.9 Å². The first-order valence-electron chi connectivity index (χ1n) is 5.89. The van der Waals surface area contributed by atoms with Crippen molar-refractivity contribution in [2.24, 2.45) is 0 Å².